The van der Waals surface area contributed by atoms with Crippen molar-refractivity contribution >= 4 is 33.1 Å². The zero-order valence-electron chi connectivity index (χ0n) is 10.1. The second kappa shape index (κ2) is 5.59. The molecule has 3 N–H and O–H groups in total. The van der Waals surface area contributed by atoms with Crippen LogP contribution in [0.3, 0.4) is 0 Å². The van der Waals surface area contributed by atoms with Gasteiger partial charge in [-0.2, -0.15) is 5.26 Å². The van der Waals surface area contributed by atoms with Gasteiger partial charge in [-0.15, -0.1) is 0 Å². The summed E-state index contributed by atoms with van der Waals surface area (Å²) in [5, 5.41) is 12.0. The van der Waals surface area contributed by atoms with Crippen molar-refractivity contribution < 1.29 is 4.74 Å². The SMILES string of the molecule is COc1cc(Nc2ccc(N)c(C#N)n2)ccc1Br. The zero-order chi connectivity index (χ0) is 13.8. The number of nitrogens with zero attached hydrogens (tertiary/aromatic N) is 2. The Hall–Kier alpha value is -2.26. The molecule has 1 aromatic carbocycles. The molecule has 1 heterocycles. The van der Waals surface area contributed by atoms with E-state index in [2.05, 4.69) is 26.2 Å². The molecule has 0 aliphatic heterocycles. The van der Waals surface area contributed by atoms with Crippen molar-refractivity contribution in [1.82, 2.24) is 4.98 Å². The summed E-state index contributed by atoms with van der Waals surface area (Å²) >= 11 is 3.38. The highest BCUT2D eigenvalue weighted by atomic mass is 79.9. The van der Waals surface area contributed by atoms with Crippen molar-refractivity contribution in [1.29, 1.82) is 5.26 Å². The number of nitrogens with two attached hydrogens (primary N) is 1. The lowest BCUT2D eigenvalue weighted by Gasteiger charge is -2.09. The van der Waals surface area contributed by atoms with Gasteiger partial charge in [0.2, 0.25) is 0 Å². The molecule has 6 heteroatoms. The van der Waals surface area contributed by atoms with Crippen LogP contribution in [0.25, 0.3) is 0 Å². The molecular formula is C13H11BrN4O. The Morgan fingerprint density at radius 3 is 2.84 bits per heavy atom. The summed E-state index contributed by atoms with van der Waals surface area (Å²) < 4.78 is 6.07. The lowest BCUT2D eigenvalue weighted by molar-refractivity contribution is 0.412. The predicted octanol–water partition coefficient (Wildman–Crippen LogP) is 3.05. The molecule has 0 saturated heterocycles. The molecule has 0 aliphatic carbocycles. The van der Waals surface area contributed by atoms with Gasteiger partial charge in [0.25, 0.3) is 0 Å². The molecule has 0 spiro atoms. The Labute approximate surface area is 119 Å². The first kappa shape index (κ1) is 13.2. The second-order valence-corrected chi connectivity index (χ2v) is 4.57. The molecule has 0 radical (unpaired) electrons. The van der Waals surface area contributed by atoms with Crippen LogP contribution in [0.1, 0.15) is 5.69 Å². The molecule has 5 nitrogen and oxygen atoms in total. The van der Waals surface area contributed by atoms with E-state index in [1.165, 1.54) is 0 Å². The Morgan fingerprint density at radius 1 is 1.37 bits per heavy atom. The third-order valence-electron chi connectivity index (χ3n) is 2.46. The number of nitrogens with one attached hydrogen (secondary N) is 1. The van der Waals surface area contributed by atoms with Gasteiger partial charge >= 0.3 is 0 Å². The smallest absolute Gasteiger partial charge is 0.165 e. The van der Waals surface area contributed by atoms with E-state index >= 15 is 0 Å². The number of anilines is 3. The van der Waals surface area contributed by atoms with Crippen LogP contribution in [0, 0.1) is 11.3 Å². The number of aromatic nitrogens is 1. The van der Waals surface area contributed by atoms with E-state index in [0.29, 0.717) is 17.3 Å². The van der Waals surface area contributed by atoms with Crippen molar-refractivity contribution in [2.24, 2.45) is 0 Å². The monoisotopic (exact) mass is 318 g/mol. The summed E-state index contributed by atoms with van der Waals surface area (Å²) in [5.74, 6) is 1.26. The molecule has 0 aliphatic rings. The number of hydrogen-bond acceptors (Lipinski definition) is 5. The van der Waals surface area contributed by atoms with Crippen LogP contribution in [-0.4, -0.2) is 12.1 Å². The number of halogens is 1. The molecule has 0 fully saturated rings. The van der Waals surface area contributed by atoms with E-state index in [9.17, 15) is 0 Å². The Kier molecular flexibility index (Phi) is 3.88. The maximum atomic E-state index is 8.88. The number of rotatable bonds is 3. The minimum atomic E-state index is 0.203. The first-order valence-corrected chi connectivity index (χ1v) is 6.20. The van der Waals surface area contributed by atoms with Crippen LogP contribution in [-0.2, 0) is 0 Å². The quantitative estimate of drug-likeness (QED) is 0.908. The second-order valence-electron chi connectivity index (χ2n) is 3.72. The van der Waals surface area contributed by atoms with Crippen molar-refractivity contribution in [3.8, 4) is 11.8 Å². The van der Waals surface area contributed by atoms with Gasteiger partial charge in [0, 0.05) is 11.8 Å². The molecule has 0 saturated carbocycles. The molecule has 0 bridgehead atoms. The summed E-state index contributed by atoms with van der Waals surface area (Å²) in [6.07, 6.45) is 0. The first-order valence-electron chi connectivity index (χ1n) is 5.41. The fraction of sp³-hybridized carbons (Fsp3) is 0.0769. The highest BCUT2D eigenvalue weighted by Crippen LogP contribution is 2.29. The third-order valence-corrected chi connectivity index (χ3v) is 3.11. The van der Waals surface area contributed by atoms with Gasteiger partial charge in [-0.25, -0.2) is 4.98 Å². The van der Waals surface area contributed by atoms with Crippen molar-refractivity contribution in [3.63, 3.8) is 0 Å². The minimum Gasteiger partial charge on any atom is -0.495 e. The summed E-state index contributed by atoms with van der Waals surface area (Å²) in [6, 6.07) is 10.9. The van der Waals surface area contributed by atoms with Gasteiger partial charge in [0.05, 0.1) is 17.3 Å². The van der Waals surface area contributed by atoms with Crippen LogP contribution < -0.4 is 15.8 Å². The number of hydrogen-bond donors (Lipinski definition) is 2. The topological polar surface area (TPSA) is 84.0 Å². The lowest BCUT2D eigenvalue weighted by Crippen LogP contribution is -1.99. The van der Waals surface area contributed by atoms with Gasteiger partial charge in [-0.3, -0.25) is 0 Å². The summed E-state index contributed by atoms with van der Waals surface area (Å²) in [6.45, 7) is 0. The van der Waals surface area contributed by atoms with E-state index in [0.717, 1.165) is 10.2 Å². The maximum Gasteiger partial charge on any atom is 0.165 e. The average Bonchev–Trinajstić information content (AvgIpc) is 2.43. The highest BCUT2D eigenvalue weighted by Gasteiger charge is 2.05. The molecular weight excluding hydrogens is 308 g/mol. The summed E-state index contributed by atoms with van der Waals surface area (Å²) in [7, 11) is 1.60. The number of benzene rings is 1. The summed E-state index contributed by atoms with van der Waals surface area (Å²) in [5.41, 5.74) is 6.99. The van der Waals surface area contributed by atoms with Crippen molar-refractivity contribution in [3.05, 3.63) is 40.5 Å². The van der Waals surface area contributed by atoms with E-state index in [1.54, 1.807) is 19.2 Å². The average molecular weight is 319 g/mol. The van der Waals surface area contributed by atoms with Crippen molar-refractivity contribution in [2.75, 3.05) is 18.2 Å². The van der Waals surface area contributed by atoms with Gasteiger partial charge in [0.1, 0.15) is 17.6 Å². The molecule has 1 aromatic heterocycles. The van der Waals surface area contributed by atoms with Crippen molar-refractivity contribution in [2.45, 2.75) is 0 Å². The van der Waals surface area contributed by atoms with Crippen LogP contribution >= 0.6 is 15.9 Å². The maximum absolute atomic E-state index is 8.88. The first-order chi connectivity index (χ1) is 9.13. The van der Waals surface area contributed by atoms with Crippen LogP contribution in [0.4, 0.5) is 17.2 Å². The third kappa shape index (κ3) is 2.95. The molecule has 0 atom stereocenters. The molecule has 2 aromatic rings. The van der Waals surface area contributed by atoms with E-state index in [4.69, 9.17) is 15.7 Å². The molecule has 96 valence electrons. The van der Waals surface area contributed by atoms with Gasteiger partial charge in [0.15, 0.2) is 5.69 Å². The Bertz CT molecular complexity index is 652. The fourth-order valence-corrected chi connectivity index (χ4v) is 1.92. The largest absolute Gasteiger partial charge is 0.495 e. The number of pyridine rings is 1. The van der Waals surface area contributed by atoms with Gasteiger partial charge in [-0.1, -0.05) is 0 Å². The summed E-state index contributed by atoms with van der Waals surface area (Å²) in [4.78, 5) is 4.11. The number of ether oxygens (including phenoxy) is 1. The van der Waals surface area contributed by atoms with Gasteiger partial charge < -0.3 is 15.8 Å². The van der Waals surface area contributed by atoms with Gasteiger partial charge in [-0.05, 0) is 40.2 Å². The Morgan fingerprint density at radius 2 is 2.16 bits per heavy atom. The molecule has 2 rings (SSSR count). The minimum absolute atomic E-state index is 0.203. The zero-order valence-corrected chi connectivity index (χ0v) is 11.7. The van der Waals surface area contributed by atoms with E-state index in [-0.39, 0.29) is 5.69 Å². The number of nitrogen functional groups attached to an aromatic ring is 1. The molecule has 19 heavy (non-hydrogen) atoms. The van der Waals surface area contributed by atoms with Crippen LogP contribution in [0.5, 0.6) is 5.75 Å². The fourth-order valence-electron chi connectivity index (χ4n) is 1.51. The normalized spacial score (nSPS) is 9.74. The number of methoxy groups -OCH3 is 1. The lowest BCUT2D eigenvalue weighted by atomic mass is 10.3. The predicted molar refractivity (Wildman–Crippen MR) is 77.3 cm³/mol. The number of nitriles is 1. The van der Waals surface area contributed by atoms with E-state index in [1.807, 2.05) is 24.3 Å². The van der Waals surface area contributed by atoms with Crippen LogP contribution in [0.2, 0.25) is 0 Å². The Balaban J connectivity index is 2.29. The van der Waals surface area contributed by atoms with E-state index < -0.39 is 0 Å². The molecule has 0 amide bonds. The molecule has 0 unspecified atom stereocenters. The highest BCUT2D eigenvalue weighted by molar-refractivity contribution is 9.10. The standard InChI is InChI=1S/C13H11BrN4O/c1-19-12-6-8(2-3-9(12)14)17-13-5-4-10(16)11(7-15)18-13/h2-6H,16H2,1H3,(H,17,18). The van der Waals surface area contributed by atoms with Crippen LogP contribution in [0.15, 0.2) is 34.8 Å².